The lowest BCUT2D eigenvalue weighted by atomic mass is 10.2. The number of carbonyl (C=O) groups excluding carboxylic acids is 1. The largest absolute Gasteiger partial charge is 0.466 e. The van der Waals surface area contributed by atoms with Crippen LogP contribution in [0.3, 0.4) is 0 Å². The highest BCUT2D eigenvalue weighted by molar-refractivity contribution is 9.10. The Morgan fingerprint density at radius 3 is 2.95 bits per heavy atom. The van der Waals surface area contributed by atoms with Gasteiger partial charge in [0.25, 0.3) is 0 Å². The molecule has 0 fully saturated rings. The van der Waals surface area contributed by atoms with Gasteiger partial charge in [-0.2, -0.15) is 5.10 Å². The maximum absolute atomic E-state index is 11.6. The Balaban J connectivity index is 2.22. The molecule has 1 aromatic carbocycles. The minimum Gasteiger partial charge on any atom is -0.466 e. The van der Waals surface area contributed by atoms with Gasteiger partial charge in [0.1, 0.15) is 0 Å². The van der Waals surface area contributed by atoms with Crippen molar-refractivity contribution in [2.75, 3.05) is 6.61 Å². The number of hydrogen-bond donors (Lipinski definition) is 0. The van der Waals surface area contributed by atoms with E-state index >= 15 is 0 Å². The molecule has 0 radical (unpaired) electrons. The highest BCUT2D eigenvalue weighted by atomic mass is 79.9. The van der Waals surface area contributed by atoms with Gasteiger partial charge >= 0.3 is 5.97 Å². The predicted octanol–water partition coefficient (Wildman–Crippen LogP) is 3.31. The van der Waals surface area contributed by atoms with Crippen LogP contribution in [0.4, 0.5) is 0 Å². The summed E-state index contributed by atoms with van der Waals surface area (Å²) in [6.07, 6.45) is 1.96. The lowest BCUT2D eigenvalue weighted by molar-refractivity contribution is -0.147. The number of benzene rings is 1. The van der Waals surface area contributed by atoms with Gasteiger partial charge in [0, 0.05) is 16.1 Å². The summed E-state index contributed by atoms with van der Waals surface area (Å²) in [5.74, 6) is -0.377. The Hall–Kier alpha value is -1.36. The van der Waals surface area contributed by atoms with Crippen molar-refractivity contribution in [3.05, 3.63) is 28.4 Å². The number of ether oxygens (including phenoxy) is 1. The number of nitrogens with zero attached hydrogens (tertiary/aromatic N) is 2. The number of aromatic nitrogens is 2. The zero-order valence-electron chi connectivity index (χ0n) is 11.3. The number of esters is 1. The van der Waals surface area contributed by atoms with Gasteiger partial charge in [0.05, 0.1) is 24.6 Å². The van der Waals surface area contributed by atoms with Crippen molar-refractivity contribution in [3.8, 4) is 0 Å². The molecule has 1 aromatic heterocycles. The Bertz CT molecular complexity index is 607. The molecule has 102 valence electrons. The van der Waals surface area contributed by atoms with Gasteiger partial charge in [-0.05, 0) is 31.5 Å². The van der Waals surface area contributed by atoms with Crippen LogP contribution in [0.25, 0.3) is 10.9 Å². The molecule has 0 aliphatic rings. The summed E-state index contributed by atoms with van der Waals surface area (Å²) >= 11 is 3.48. The Morgan fingerprint density at radius 2 is 2.26 bits per heavy atom. The first-order valence-electron chi connectivity index (χ1n) is 6.31. The minimum atomic E-state index is -0.196. The fraction of sp³-hybridized carbons (Fsp3) is 0.429. The van der Waals surface area contributed by atoms with Crippen molar-refractivity contribution in [1.82, 2.24) is 9.78 Å². The number of carbonyl (C=O) groups is 1. The van der Waals surface area contributed by atoms with E-state index in [2.05, 4.69) is 21.0 Å². The molecule has 0 saturated carbocycles. The first-order chi connectivity index (χ1) is 9.01. The molecule has 0 N–H and O–H groups in total. The molecule has 0 spiro atoms. The molecule has 1 unspecified atom stereocenters. The van der Waals surface area contributed by atoms with Gasteiger partial charge < -0.3 is 4.74 Å². The van der Waals surface area contributed by atoms with Crippen molar-refractivity contribution < 1.29 is 9.53 Å². The van der Waals surface area contributed by atoms with E-state index < -0.39 is 0 Å². The highest BCUT2D eigenvalue weighted by Crippen LogP contribution is 2.23. The van der Waals surface area contributed by atoms with Gasteiger partial charge in [0.2, 0.25) is 0 Å². The average molecular weight is 325 g/mol. The Labute approximate surface area is 120 Å². The summed E-state index contributed by atoms with van der Waals surface area (Å²) in [7, 11) is 0. The van der Waals surface area contributed by atoms with E-state index in [-0.39, 0.29) is 11.9 Å². The van der Waals surface area contributed by atoms with Crippen LogP contribution < -0.4 is 0 Å². The topological polar surface area (TPSA) is 44.1 Å². The number of hydrogen-bond acceptors (Lipinski definition) is 3. The third-order valence-electron chi connectivity index (χ3n) is 2.96. The lowest BCUT2D eigenvalue weighted by Gasteiger charge is -2.09. The van der Waals surface area contributed by atoms with Crippen molar-refractivity contribution in [1.29, 1.82) is 0 Å². The molecule has 4 nitrogen and oxygen atoms in total. The maximum Gasteiger partial charge on any atom is 0.310 e. The molecular formula is C14H17BrN2O2. The normalized spacial score (nSPS) is 12.6. The second-order valence-electron chi connectivity index (χ2n) is 4.66. The summed E-state index contributed by atoms with van der Waals surface area (Å²) in [6, 6.07) is 4.06. The molecule has 2 rings (SSSR count). The zero-order valence-corrected chi connectivity index (χ0v) is 12.9. The number of fused-ring (bicyclic) bond motifs is 1. The summed E-state index contributed by atoms with van der Waals surface area (Å²) in [4.78, 5) is 11.6. The molecule has 0 saturated heterocycles. The number of rotatable bonds is 4. The van der Waals surface area contributed by atoms with Gasteiger partial charge in [-0.15, -0.1) is 0 Å². The van der Waals surface area contributed by atoms with Crippen LogP contribution in [0.15, 0.2) is 22.8 Å². The third kappa shape index (κ3) is 3.15. The standard InChI is InChI=1S/C14H17BrN2O2/c1-4-19-14(18)10(3)7-17-8-11-6-12(15)5-9(2)13(11)16-17/h5-6,8,10H,4,7H2,1-3H3. The van der Waals surface area contributed by atoms with Crippen LogP contribution in [0.2, 0.25) is 0 Å². The van der Waals surface area contributed by atoms with Gasteiger partial charge in [0.15, 0.2) is 0 Å². The minimum absolute atomic E-state index is 0.181. The first kappa shape index (κ1) is 14.1. The number of aryl methyl sites for hydroxylation is 1. The van der Waals surface area contributed by atoms with Crippen LogP contribution >= 0.6 is 15.9 Å². The second-order valence-corrected chi connectivity index (χ2v) is 5.58. The molecule has 0 aliphatic carbocycles. The summed E-state index contributed by atoms with van der Waals surface area (Å²) < 4.78 is 7.85. The monoisotopic (exact) mass is 324 g/mol. The van der Waals surface area contributed by atoms with Crippen LogP contribution in [0.5, 0.6) is 0 Å². The van der Waals surface area contributed by atoms with Crippen molar-refractivity contribution >= 4 is 32.8 Å². The predicted molar refractivity (Wildman–Crippen MR) is 78.0 cm³/mol. The van der Waals surface area contributed by atoms with E-state index in [0.29, 0.717) is 13.2 Å². The highest BCUT2D eigenvalue weighted by Gasteiger charge is 2.15. The smallest absolute Gasteiger partial charge is 0.310 e. The fourth-order valence-electron chi connectivity index (χ4n) is 2.05. The molecule has 0 amide bonds. The zero-order chi connectivity index (χ0) is 14.0. The quantitative estimate of drug-likeness (QED) is 0.810. The Kier molecular flexibility index (Phi) is 4.24. The van der Waals surface area contributed by atoms with Crippen LogP contribution in [0.1, 0.15) is 19.4 Å². The fourth-order valence-corrected chi connectivity index (χ4v) is 2.64. The molecule has 1 heterocycles. The van der Waals surface area contributed by atoms with Crippen LogP contribution in [-0.4, -0.2) is 22.4 Å². The van der Waals surface area contributed by atoms with Crippen molar-refractivity contribution in [2.24, 2.45) is 5.92 Å². The second kappa shape index (κ2) is 5.74. The summed E-state index contributed by atoms with van der Waals surface area (Å²) in [6.45, 7) is 6.64. The maximum atomic E-state index is 11.6. The lowest BCUT2D eigenvalue weighted by Crippen LogP contribution is -2.20. The van der Waals surface area contributed by atoms with E-state index in [1.54, 1.807) is 0 Å². The van der Waals surface area contributed by atoms with E-state index in [1.807, 2.05) is 43.8 Å². The van der Waals surface area contributed by atoms with Crippen LogP contribution in [-0.2, 0) is 16.1 Å². The SMILES string of the molecule is CCOC(=O)C(C)Cn1cc2cc(Br)cc(C)c2n1. The summed E-state index contributed by atoms with van der Waals surface area (Å²) in [5, 5.41) is 5.60. The molecule has 1 atom stereocenters. The van der Waals surface area contributed by atoms with Crippen molar-refractivity contribution in [3.63, 3.8) is 0 Å². The molecule has 0 bridgehead atoms. The van der Waals surface area contributed by atoms with Gasteiger partial charge in [-0.25, -0.2) is 0 Å². The number of halogens is 1. The van der Waals surface area contributed by atoms with E-state index in [0.717, 1.165) is 20.9 Å². The van der Waals surface area contributed by atoms with Crippen molar-refractivity contribution in [2.45, 2.75) is 27.3 Å². The molecule has 0 aliphatic heterocycles. The third-order valence-corrected chi connectivity index (χ3v) is 3.42. The summed E-state index contributed by atoms with van der Waals surface area (Å²) in [5.41, 5.74) is 2.09. The Morgan fingerprint density at radius 1 is 1.53 bits per heavy atom. The average Bonchev–Trinajstić information content (AvgIpc) is 2.72. The first-order valence-corrected chi connectivity index (χ1v) is 7.10. The van der Waals surface area contributed by atoms with Gasteiger partial charge in [-0.3, -0.25) is 9.48 Å². The molecule has 19 heavy (non-hydrogen) atoms. The van der Waals surface area contributed by atoms with Crippen LogP contribution in [0, 0.1) is 12.8 Å². The van der Waals surface area contributed by atoms with E-state index in [1.165, 1.54) is 0 Å². The van der Waals surface area contributed by atoms with E-state index in [4.69, 9.17) is 4.74 Å². The van der Waals surface area contributed by atoms with E-state index in [9.17, 15) is 4.79 Å². The van der Waals surface area contributed by atoms with Gasteiger partial charge in [-0.1, -0.05) is 22.9 Å². The molecule has 2 aromatic rings. The molecule has 5 heteroatoms. The molecular weight excluding hydrogens is 308 g/mol.